The number of benzene rings is 1. The van der Waals surface area contributed by atoms with Crippen LogP contribution in [0, 0.1) is 0 Å². The fourth-order valence-corrected chi connectivity index (χ4v) is 3.70. The van der Waals surface area contributed by atoms with Gasteiger partial charge < -0.3 is 21.5 Å². The van der Waals surface area contributed by atoms with Gasteiger partial charge in [0, 0.05) is 12.7 Å². The second kappa shape index (κ2) is 8.86. The molecule has 10 heteroatoms. The Balaban J connectivity index is 2.11. The van der Waals surface area contributed by atoms with Crippen LogP contribution in [0.25, 0.3) is 6.08 Å². The van der Waals surface area contributed by atoms with Gasteiger partial charge >= 0.3 is 6.03 Å². The van der Waals surface area contributed by atoms with Crippen molar-refractivity contribution in [3.05, 3.63) is 44.6 Å². The summed E-state index contributed by atoms with van der Waals surface area (Å²) >= 11 is 6.81. The largest absolute Gasteiger partial charge is 0.494 e. The summed E-state index contributed by atoms with van der Waals surface area (Å²) in [4.78, 5) is 29.1. The number of guanidine groups is 1. The van der Waals surface area contributed by atoms with Crippen molar-refractivity contribution in [1.82, 2.24) is 10.2 Å². The number of halogens is 2. The van der Waals surface area contributed by atoms with Gasteiger partial charge in [0.05, 0.1) is 16.1 Å². The summed E-state index contributed by atoms with van der Waals surface area (Å²) < 4.78 is 6.72. The molecule has 0 unspecified atom stereocenters. The van der Waals surface area contributed by atoms with Crippen molar-refractivity contribution in [2.75, 3.05) is 13.7 Å². The zero-order valence-corrected chi connectivity index (χ0v) is 17.0. The van der Waals surface area contributed by atoms with E-state index in [-0.39, 0.29) is 11.7 Å². The van der Waals surface area contributed by atoms with Gasteiger partial charge in [-0.3, -0.25) is 9.79 Å². The topological polar surface area (TPSA) is 123 Å². The van der Waals surface area contributed by atoms with E-state index in [9.17, 15) is 9.59 Å². The number of aliphatic imine (C=N–C) groups is 1. The Morgan fingerprint density at radius 1 is 1.31 bits per heavy atom. The molecule has 0 spiro atoms. The van der Waals surface area contributed by atoms with Gasteiger partial charge in [0.1, 0.15) is 11.4 Å². The number of methoxy groups -OCH3 is 1. The van der Waals surface area contributed by atoms with E-state index in [4.69, 9.17) is 16.2 Å². The van der Waals surface area contributed by atoms with Crippen molar-refractivity contribution >= 4 is 55.8 Å². The number of nitrogens with zero attached hydrogens (tertiary/aromatic N) is 2. The van der Waals surface area contributed by atoms with Gasteiger partial charge in [-0.15, -0.1) is 0 Å². The standard InChI is InChI=1S/C16H17Br2N5O3/c1-26-13-10(17)7-9(8-11(13)18)4-6-23-14(24)12(22-16(23)25)3-2-5-21-15(19)20/h3-4,6-8H,2,5H2,1H3,(H,22,25)(H4,19,20,21). The minimum atomic E-state index is -0.522. The maximum atomic E-state index is 12.3. The van der Waals surface area contributed by atoms with E-state index < -0.39 is 11.9 Å². The number of imide groups is 1. The number of nitrogens with two attached hydrogens (primary N) is 2. The van der Waals surface area contributed by atoms with Gasteiger partial charge in [0.25, 0.3) is 5.91 Å². The Hall–Kier alpha value is -2.33. The van der Waals surface area contributed by atoms with Crippen LogP contribution in [0.2, 0.25) is 0 Å². The highest BCUT2D eigenvalue weighted by molar-refractivity contribution is 9.11. The molecule has 1 heterocycles. The zero-order chi connectivity index (χ0) is 19.3. The van der Waals surface area contributed by atoms with Crippen molar-refractivity contribution in [3.63, 3.8) is 0 Å². The highest BCUT2D eigenvalue weighted by Crippen LogP contribution is 2.34. The monoisotopic (exact) mass is 485 g/mol. The van der Waals surface area contributed by atoms with Crippen LogP contribution in [-0.4, -0.2) is 36.5 Å². The molecule has 0 aromatic heterocycles. The molecule has 0 bridgehead atoms. The number of nitrogens with one attached hydrogen (secondary N) is 1. The molecule has 8 nitrogen and oxygen atoms in total. The lowest BCUT2D eigenvalue weighted by Crippen LogP contribution is -2.25. The summed E-state index contributed by atoms with van der Waals surface area (Å²) in [6, 6.07) is 3.10. The summed E-state index contributed by atoms with van der Waals surface area (Å²) in [5, 5.41) is 2.52. The molecule has 0 atom stereocenters. The lowest BCUT2D eigenvalue weighted by atomic mass is 10.2. The van der Waals surface area contributed by atoms with Crippen LogP contribution in [0.4, 0.5) is 4.79 Å². The smallest absolute Gasteiger partial charge is 0.333 e. The lowest BCUT2D eigenvalue weighted by Gasteiger charge is -2.08. The SMILES string of the molecule is COc1c(Br)cc(C=CN2C(=O)NC(=CCCN=C(N)N)C2=O)cc1Br. The Morgan fingerprint density at radius 3 is 2.54 bits per heavy atom. The van der Waals surface area contributed by atoms with Gasteiger partial charge in [-0.2, -0.15) is 0 Å². The molecular weight excluding hydrogens is 470 g/mol. The van der Waals surface area contributed by atoms with Crippen LogP contribution in [0.1, 0.15) is 12.0 Å². The Labute approximate surface area is 167 Å². The van der Waals surface area contributed by atoms with Gasteiger partial charge in [-0.1, -0.05) is 6.08 Å². The first-order valence-corrected chi connectivity index (χ1v) is 9.03. The highest BCUT2D eigenvalue weighted by atomic mass is 79.9. The number of hydrogen-bond acceptors (Lipinski definition) is 4. The first-order valence-electron chi connectivity index (χ1n) is 7.44. The second-order valence-electron chi connectivity index (χ2n) is 5.15. The molecule has 1 saturated heterocycles. The van der Waals surface area contributed by atoms with Crippen molar-refractivity contribution in [2.24, 2.45) is 16.5 Å². The molecule has 1 aliphatic heterocycles. The van der Waals surface area contributed by atoms with Crippen molar-refractivity contribution in [2.45, 2.75) is 6.42 Å². The van der Waals surface area contributed by atoms with E-state index in [0.717, 1.165) is 19.4 Å². The predicted molar refractivity (Wildman–Crippen MR) is 106 cm³/mol. The summed E-state index contributed by atoms with van der Waals surface area (Å²) in [5.41, 5.74) is 11.4. The maximum absolute atomic E-state index is 12.3. The quantitative estimate of drug-likeness (QED) is 0.187. The summed E-state index contributed by atoms with van der Waals surface area (Å²) in [6.45, 7) is 0.332. The fourth-order valence-electron chi connectivity index (χ4n) is 2.16. The van der Waals surface area contributed by atoms with Gasteiger partial charge in [0.15, 0.2) is 5.96 Å². The summed E-state index contributed by atoms with van der Waals surface area (Å²) in [5.74, 6) is 0.192. The average molecular weight is 487 g/mol. The minimum Gasteiger partial charge on any atom is -0.494 e. The molecule has 5 N–H and O–H groups in total. The molecule has 26 heavy (non-hydrogen) atoms. The third-order valence-corrected chi connectivity index (χ3v) is 4.50. The molecule has 2 rings (SSSR count). The molecule has 1 fully saturated rings. The molecule has 1 aromatic rings. The number of hydrogen-bond donors (Lipinski definition) is 3. The van der Waals surface area contributed by atoms with Crippen LogP contribution in [0.5, 0.6) is 5.75 Å². The number of amides is 3. The van der Waals surface area contributed by atoms with Crippen LogP contribution in [0.3, 0.4) is 0 Å². The van der Waals surface area contributed by atoms with E-state index >= 15 is 0 Å². The molecule has 1 aromatic carbocycles. The van der Waals surface area contributed by atoms with E-state index in [1.807, 2.05) is 12.1 Å². The Kier molecular flexibility index (Phi) is 6.81. The van der Waals surface area contributed by atoms with Crippen molar-refractivity contribution < 1.29 is 14.3 Å². The third-order valence-electron chi connectivity index (χ3n) is 3.32. The third kappa shape index (κ3) is 4.85. The number of ether oxygens (including phenoxy) is 1. The summed E-state index contributed by atoms with van der Waals surface area (Å²) in [7, 11) is 1.56. The molecule has 138 valence electrons. The molecule has 0 radical (unpaired) electrons. The minimum absolute atomic E-state index is 0.0217. The Morgan fingerprint density at radius 2 is 1.96 bits per heavy atom. The van der Waals surface area contributed by atoms with Gasteiger partial charge in [-0.05, 0) is 62.1 Å². The van der Waals surface area contributed by atoms with Gasteiger partial charge in [0.2, 0.25) is 0 Å². The van der Waals surface area contributed by atoms with Crippen LogP contribution in [-0.2, 0) is 4.79 Å². The number of urea groups is 1. The van der Waals surface area contributed by atoms with E-state index in [1.165, 1.54) is 6.20 Å². The van der Waals surface area contributed by atoms with Crippen LogP contribution < -0.4 is 21.5 Å². The fraction of sp³-hybridized carbons (Fsp3) is 0.188. The molecule has 1 aliphatic rings. The van der Waals surface area contributed by atoms with Crippen LogP contribution >= 0.6 is 31.9 Å². The summed E-state index contributed by atoms with van der Waals surface area (Å²) in [6.07, 6.45) is 5.07. The number of rotatable bonds is 6. The van der Waals surface area contributed by atoms with E-state index in [2.05, 4.69) is 42.2 Å². The lowest BCUT2D eigenvalue weighted by molar-refractivity contribution is -0.121. The molecular formula is C16H17Br2N5O3. The first kappa shape index (κ1) is 20.0. The second-order valence-corrected chi connectivity index (χ2v) is 6.86. The van der Waals surface area contributed by atoms with E-state index in [1.54, 1.807) is 19.3 Å². The Bertz CT molecular complexity index is 793. The molecule has 0 aliphatic carbocycles. The zero-order valence-electron chi connectivity index (χ0n) is 13.8. The average Bonchev–Trinajstić information content (AvgIpc) is 2.83. The normalized spacial score (nSPS) is 15.7. The van der Waals surface area contributed by atoms with Crippen LogP contribution in [0.15, 0.2) is 44.0 Å². The maximum Gasteiger partial charge on any atom is 0.333 e. The highest BCUT2D eigenvalue weighted by Gasteiger charge is 2.31. The van der Waals surface area contributed by atoms with Crippen molar-refractivity contribution in [1.29, 1.82) is 0 Å². The van der Waals surface area contributed by atoms with Crippen molar-refractivity contribution in [3.8, 4) is 5.75 Å². The molecule has 3 amide bonds. The van der Waals surface area contributed by atoms with E-state index in [0.29, 0.717) is 18.7 Å². The molecule has 0 saturated carbocycles. The number of carbonyl (C=O) groups is 2. The van der Waals surface area contributed by atoms with Gasteiger partial charge in [-0.25, -0.2) is 9.69 Å². The number of carbonyl (C=O) groups excluding carboxylic acids is 2. The first-order chi connectivity index (χ1) is 12.3. The predicted octanol–water partition coefficient (Wildman–Crippen LogP) is 2.29.